The van der Waals surface area contributed by atoms with Crippen molar-refractivity contribution in [1.82, 2.24) is 5.32 Å². The van der Waals surface area contributed by atoms with Gasteiger partial charge < -0.3 is 10.4 Å². The van der Waals surface area contributed by atoms with Gasteiger partial charge in [0.25, 0.3) is 5.91 Å². The monoisotopic (exact) mass is 365 g/mol. The van der Waals surface area contributed by atoms with Gasteiger partial charge >= 0.3 is 0 Å². The van der Waals surface area contributed by atoms with Crippen molar-refractivity contribution in [2.45, 2.75) is 18.6 Å². The van der Waals surface area contributed by atoms with Crippen molar-refractivity contribution in [3.05, 3.63) is 68.7 Å². The Bertz CT molecular complexity index is 704. The SMILES string of the molecule is O=C(N[C@@H]1c2ccccc2C[C@@H]1O)c1ccc(Cl)c(Br)c1. The zero-order chi connectivity index (χ0) is 15.0. The fourth-order valence-electron chi connectivity index (χ4n) is 2.61. The molecular formula is C16H13BrClNO2. The molecule has 3 nitrogen and oxygen atoms in total. The summed E-state index contributed by atoms with van der Waals surface area (Å²) >= 11 is 9.23. The second kappa shape index (κ2) is 5.79. The molecule has 1 amide bonds. The number of halogens is 2. The highest BCUT2D eigenvalue weighted by molar-refractivity contribution is 9.10. The van der Waals surface area contributed by atoms with Crippen LogP contribution in [-0.4, -0.2) is 17.1 Å². The molecule has 0 spiro atoms. The van der Waals surface area contributed by atoms with Crippen LogP contribution in [0.4, 0.5) is 0 Å². The lowest BCUT2D eigenvalue weighted by Gasteiger charge is -2.18. The van der Waals surface area contributed by atoms with Gasteiger partial charge in [0.15, 0.2) is 0 Å². The number of hydrogen-bond donors (Lipinski definition) is 2. The summed E-state index contributed by atoms with van der Waals surface area (Å²) in [7, 11) is 0. The number of carbonyl (C=O) groups excluding carboxylic acids is 1. The summed E-state index contributed by atoms with van der Waals surface area (Å²) in [5, 5.41) is 13.6. The number of carbonyl (C=O) groups is 1. The lowest BCUT2D eigenvalue weighted by molar-refractivity contribution is 0.0858. The molecule has 0 unspecified atom stereocenters. The van der Waals surface area contributed by atoms with Gasteiger partial charge in [-0.2, -0.15) is 0 Å². The summed E-state index contributed by atoms with van der Waals surface area (Å²) < 4.78 is 0.671. The van der Waals surface area contributed by atoms with Crippen LogP contribution in [0.3, 0.4) is 0 Å². The Labute approximate surface area is 136 Å². The molecule has 2 atom stereocenters. The highest BCUT2D eigenvalue weighted by Crippen LogP contribution is 2.31. The molecule has 21 heavy (non-hydrogen) atoms. The summed E-state index contributed by atoms with van der Waals surface area (Å²) in [6.45, 7) is 0. The Morgan fingerprint density at radius 2 is 2.05 bits per heavy atom. The van der Waals surface area contributed by atoms with Crippen LogP contribution < -0.4 is 5.32 Å². The molecule has 0 radical (unpaired) electrons. The molecule has 108 valence electrons. The van der Waals surface area contributed by atoms with E-state index >= 15 is 0 Å². The van der Waals surface area contributed by atoms with Crippen LogP contribution in [0.2, 0.25) is 5.02 Å². The van der Waals surface area contributed by atoms with Gasteiger partial charge in [-0.15, -0.1) is 0 Å². The molecule has 0 fully saturated rings. The fraction of sp³-hybridized carbons (Fsp3) is 0.188. The third-order valence-electron chi connectivity index (χ3n) is 3.67. The van der Waals surface area contributed by atoms with Crippen LogP contribution in [-0.2, 0) is 6.42 Å². The van der Waals surface area contributed by atoms with E-state index in [9.17, 15) is 9.90 Å². The Balaban J connectivity index is 1.83. The van der Waals surface area contributed by atoms with E-state index in [1.54, 1.807) is 18.2 Å². The zero-order valence-electron chi connectivity index (χ0n) is 11.0. The summed E-state index contributed by atoms with van der Waals surface area (Å²) in [4.78, 5) is 12.3. The topological polar surface area (TPSA) is 49.3 Å². The number of amides is 1. The van der Waals surface area contributed by atoms with E-state index in [2.05, 4.69) is 21.2 Å². The summed E-state index contributed by atoms with van der Waals surface area (Å²) in [6, 6.07) is 12.4. The van der Waals surface area contributed by atoms with Gasteiger partial charge in [0.05, 0.1) is 17.2 Å². The lowest BCUT2D eigenvalue weighted by Crippen LogP contribution is -2.33. The normalized spacial score (nSPS) is 20.1. The minimum Gasteiger partial charge on any atom is -0.390 e. The Morgan fingerprint density at radius 3 is 2.81 bits per heavy atom. The number of nitrogens with one attached hydrogen (secondary N) is 1. The maximum absolute atomic E-state index is 12.3. The van der Waals surface area contributed by atoms with Crippen molar-refractivity contribution in [3.8, 4) is 0 Å². The molecule has 0 aliphatic heterocycles. The highest BCUT2D eigenvalue weighted by atomic mass is 79.9. The summed E-state index contributed by atoms with van der Waals surface area (Å²) in [5.74, 6) is -0.229. The van der Waals surface area contributed by atoms with E-state index in [0.29, 0.717) is 21.5 Å². The van der Waals surface area contributed by atoms with Crippen LogP contribution in [0.1, 0.15) is 27.5 Å². The van der Waals surface area contributed by atoms with Crippen molar-refractivity contribution >= 4 is 33.4 Å². The second-order valence-electron chi connectivity index (χ2n) is 5.05. The van der Waals surface area contributed by atoms with Gasteiger partial charge in [-0.3, -0.25) is 4.79 Å². The van der Waals surface area contributed by atoms with E-state index in [1.165, 1.54) is 0 Å². The molecule has 2 N–H and O–H groups in total. The first-order valence-electron chi connectivity index (χ1n) is 6.58. The first kappa shape index (κ1) is 14.6. The maximum atomic E-state index is 12.3. The maximum Gasteiger partial charge on any atom is 0.251 e. The molecule has 0 heterocycles. The first-order valence-corrected chi connectivity index (χ1v) is 7.75. The Kier molecular flexibility index (Phi) is 4.02. The van der Waals surface area contributed by atoms with Gasteiger partial charge in [0.1, 0.15) is 0 Å². The fourth-order valence-corrected chi connectivity index (χ4v) is 3.11. The van der Waals surface area contributed by atoms with Crippen LogP contribution in [0.25, 0.3) is 0 Å². The van der Waals surface area contributed by atoms with E-state index < -0.39 is 6.10 Å². The van der Waals surface area contributed by atoms with Gasteiger partial charge in [-0.05, 0) is 45.3 Å². The third kappa shape index (κ3) is 2.84. The largest absolute Gasteiger partial charge is 0.390 e. The molecule has 0 saturated heterocycles. The van der Waals surface area contributed by atoms with Crippen LogP contribution in [0.5, 0.6) is 0 Å². The van der Waals surface area contributed by atoms with E-state index in [4.69, 9.17) is 11.6 Å². The van der Waals surface area contributed by atoms with Crippen LogP contribution >= 0.6 is 27.5 Å². The average molecular weight is 367 g/mol. The predicted octanol–water partition coefficient (Wildman–Crippen LogP) is 3.49. The molecule has 0 aromatic heterocycles. The molecule has 0 bridgehead atoms. The standard InChI is InChI=1S/C16H13BrClNO2/c17-12-7-10(5-6-13(12)18)16(21)19-15-11-4-2-1-3-9(11)8-14(15)20/h1-7,14-15,20H,8H2,(H,19,21)/t14-,15+/m0/s1. The third-order valence-corrected chi connectivity index (χ3v) is 4.89. The average Bonchev–Trinajstić information content (AvgIpc) is 2.78. The van der Waals surface area contributed by atoms with Gasteiger partial charge in [0.2, 0.25) is 0 Å². The Morgan fingerprint density at radius 1 is 1.29 bits per heavy atom. The Hall–Kier alpha value is -1.36. The number of benzene rings is 2. The van der Waals surface area contributed by atoms with Crippen molar-refractivity contribution < 1.29 is 9.90 Å². The number of rotatable bonds is 2. The molecule has 2 aromatic rings. The van der Waals surface area contributed by atoms with Gasteiger partial charge in [-0.25, -0.2) is 0 Å². The molecule has 5 heteroatoms. The number of aliphatic hydroxyl groups excluding tert-OH is 1. The number of hydrogen-bond acceptors (Lipinski definition) is 2. The van der Waals surface area contributed by atoms with E-state index in [-0.39, 0.29) is 11.9 Å². The van der Waals surface area contributed by atoms with Crippen LogP contribution in [0, 0.1) is 0 Å². The van der Waals surface area contributed by atoms with E-state index in [1.807, 2.05) is 24.3 Å². The van der Waals surface area contributed by atoms with Crippen LogP contribution in [0.15, 0.2) is 46.9 Å². The predicted molar refractivity (Wildman–Crippen MR) is 85.5 cm³/mol. The smallest absolute Gasteiger partial charge is 0.251 e. The minimum absolute atomic E-state index is 0.229. The first-order chi connectivity index (χ1) is 10.1. The summed E-state index contributed by atoms with van der Waals surface area (Å²) in [5.41, 5.74) is 2.56. The zero-order valence-corrected chi connectivity index (χ0v) is 13.4. The van der Waals surface area contributed by atoms with Crippen molar-refractivity contribution in [2.75, 3.05) is 0 Å². The van der Waals surface area contributed by atoms with Crippen molar-refractivity contribution in [2.24, 2.45) is 0 Å². The lowest BCUT2D eigenvalue weighted by atomic mass is 10.1. The summed E-state index contributed by atoms with van der Waals surface area (Å²) in [6.07, 6.45) is -0.0343. The molecule has 0 saturated carbocycles. The molecule has 1 aliphatic rings. The second-order valence-corrected chi connectivity index (χ2v) is 6.31. The number of fused-ring (bicyclic) bond motifs is 1. The van der Waals surface area contributed by atoms with E-state index in [0.717, 1.165) is 11.1 Å². The van der Waals surface area contributed by atoms with Crippen molar-refractivity contribution in [3.63, 3.8) is 0 Å². The number of aliphatic hydroxyl groups is 1. The van der Waals surface area contributed by atoms with Gasteiger partial charge in [-0.1, -0.05) is 35.9 Å². The highest BCUT2D eigenvalue weighted by Gasteiger charge is 2.32. The molecular weight excluding hydrogens is 354 g/mol. The molecule has 2 aromatic carbocycles. The molecule has 3 rings (SSSR count). The van der Waals surface area contributed by atoms with Gasteiger partial charge in [0, 0.05) is 16.5 Å². The molecule has 1 aliphatic carbocycles. The van der Waals surface area contributed by atoms with Crippen molar-refractivity contribution in [1.29, 1.82) is 0 Å². The quantitative estimate of drug-likeness (QED) is 0.855. The minimum atomic E-state index is -0.595.